The number of rotatable bonds is 6. The molecule has 0 unspecified atom stereocenters. The Morgan fingerprint density at radius 1 is 0.302 bits per heavy atom. The first-order valence-corrected chi connectivity index (χ1v) is 17.8. The summed E-state index contributed by atoms with van der Waals surface area (Å²) < 4.78 is 7.18. The zero-order valence-corrected chi connectivity index (χ0v) is 28.6. The molecular weight excluding hydrogens is 647 g/mol. The smallest absolute Gasteiger partial charge is 0.164 e. The van der Waals surface area contributed by atoms with Crippen molar-refractivity contribution in [2.45, 2.75) is 0 Å². The topological polar surface area (TPSA) is 51.8 Å². The summed E-state index contributed by atoms with van der Waals surface area (Å²) in [5.74, 6) is 1.81. The Labute approximate surface area is 306 Å². The number of benzene rings is 8. The van der Waals surface area contributed by atoms with Gasteiger partial charge >= 0.3 is 0 Å². The van der Waals surface area contributed by atoms with Crippen LogP contribution < -0.4 is 0 Å². The van der Waals surface area contributed by atoms with Crippen molar-refractivity contribution in [1.82, 2.24) is 15.0 Å². The average Bonchev–Trinajstić information content (AvgIpc) is 3.64. The molecule has 2 heterocycles. The van der Waals surface area contributed by atoms with Crippen molar-refractivity contribution < 1.29 is 4.42 Å². The Morgan fingerprint density at radius 3 is 1.49 bits per heavy atom. The number of nitrogens with zero attached hydrogens (tertiary/aromatic N) is 3. The minimum Gasteiger partial charge on any atom is -0.455 e. The van der Waals surface area contributed by atoms with Gasteiger partial charge in [0.15, 0.2) is 17.5 Å². The molecule has 0 atom stereocenters. The highest BCUT2D eigenvalue weighted by molar-refractivity contribution is 6.20. The zero-order chi connectivity index (χ0) is 35.1. The van der Waals surface area contributed by atoms with Gasteiger partial charge in [-0.2, -0.15) is 0 Å². The second kappa shape index (κ2) is 12.9. The molecule has 0 aliphatic heterocycles. The van der Waals surface area contributed by atoms with Crippen LogP contribution in [0.3, 0.4) is 0 Å². The quantitative estimate of drug-likeness (QED) is 0.176. The van der Waals surface area contributed by atoms with E-state index < -0.39 is 0 Å². The van der Waals surface area contributed by atoms with E-state index in [1.54, 1.807) is 0 Å². The maximum absolute atomic E-state index is 7.18. The molecule has 0 saturated carbocycles. The van der Waals surface area contributed by atoms with Crippen LogP contribution in [0.25, 0.3) is 100 Å². The summed E-state index contributed by atoms with van der Waals surface area (Å²) in [5.41, 5.74) is 10.8. The van der Waals surface area contributed by atoms with Gasteiger partial charge in [0.25, 0.3) is 0 Å². The van der Waals surface area contributed by atoms with Crippen LogP contribution in [0.15, 0.2) is 192 Å². The van der Waals surface area contributed by atoms with Gasteiger partial charge in [-0.15, -0.1) is 0 Å². The average molecular weight is 678 g/mol. The molecular formula is C49H31N3O. The van der Waals surface area contributed by atoms with Gasteiger partial charge in [0.2, 0.25) is 0 Å². The molecule has 10 aromatic rings. The molecule has 53 heavy (non-hydrogen) atoms. The molecule has 248 valence electrons. The van der Waals surface area contributed by atoms with Crippen LogP contribution in [-0.2, 0) is 0 Å². The van der Waals surface area contributed by atoms with Crippen LogP contribution >= 0.6 is 0 Å². The number of hydrogen-bond donors (Lipinski definition) is 0. The van der Waals surface area contributed by atoms with Crippen LogP contribution in [0.1, 0.15) is 0 Å². The summed E-state index contributed by atoms with van der Waals surface area (Å²) in [5, 5.41) is 4.30. The van der Waals surface area contributed by atoms with E-state index in [0.29, 0.717) is 17.5 Å². The van der Waals surface area contributed by atoms with Crippen LogP contribution in [0, 0.1) is 0 Å². The number of furan rings is 1. The SMILES string of the molecule is c1ccc(-c2cc(-c3ccccc3)c3oc4c(-c5cccc6ccccc56)ccc(-c5nc(-c6ccccc6)nc(-c6ccccc6)n5)c4c3c2)cc1. The molecule has 0 amide bonds. The lowest BCUT2D eigenvalue weighted by atomic mass is 9.92. The lowest BCUT2D eigenvalue weighted by Gasteiger charge is -2.12. The Kier molecular flexibility index (Phi) is 7.43. The van der Waals surface area contributed by atoms with E-state index in [9.17, 15) is 0 Å². The minimum absolute atomic E-state index is 0.584. The highest BCUT2D eigenvalue weighted by Crippen LogP contribution is 2.46. The molecule has 0 saturated heterocycles. The molecule has 0 fully saturated rings. The lowest BCUT2D eigenvalue weighted by Crippen LogP contribution is -2.00. The van der Waals surface area contributed by atoms with Gasteiger partial charge in [-0.3, -0.25) is 0 Å². The molecule has 10 rings (SSSR count). The van der Waals surface area contributed by atoms with E-state index in [1.807, 2.05) is 66.7 Å². The molecule has 0 spiro atoms. The predicted octanol–water partition coefficient (Wildman–Crippen LogP) is 12.9. The van der Waals surface area contributed by atoms with Crippen LogP contribution in [-0.4, -0.2) is 15.0 Å². The van der Waals surface area contributed by atoms with E-state index in [0.717, 1.165) is 77.4 Å². The predicted molar refractivity (Wildman–Crippen MR) is 217 cm³/mol. The Bertz CT molecular complexity index is 2860. The maximum Gasteiger partial charge on any atom is 0.164 e. The van der Waals surface area contributed by atoms with Gasteiger partial charge < -0.3 is 4.42 Å². The van der Waals surface area contributed by atoms with Gasteiger partial charge in [0.05, 0.1) is 0 Å². The zero-order valence-electron chi connectivity index (χ0n) is 28.6. The largest absolute Gasteiger partial charge is 0.455 e. The van der Waals surface area contributed by atoms with E-state index in [2.05, 4.69) is 121 Å². The molecule has 2 aromatic heterocycles. The molecule has 0 bridgehead atoms. The first kappa shape index (κ1) is 30.6. The van der Waals surface area contributed by atoms with Crippen molar-refractivity contribution in [1.29, 1.82) is 0 Å². The Hall–Kier alpha value is -7.17. The third kappa shape index (κ3) is 5.45. The first-order chi connectivity index (χ1) is 26.3. The second-order valence-corrected chi connectivity index (χ2v) is 13.2. The Morgan fingerprint density at radius 2 is 0.830 bits per heavy atom. The normalized spacial score (nSPS) is 11.4. The standard InChI is InChI=1S/C49H31N3O/c1-5-16-32(17-6-1)37-30-42(34-18-7-2-8-19-34)45-43(31-37)44-41(29-28-40(46(44)53-45)39-27-15-25-33-20-13-14-26-38(33)39)49-51-47(35-21-9-3-10-22-35)50-48(52-49)36-23-11-4-12-24-36/h1-31H. The maximum atomic E-state index is 7.18. The molecule has 8 aromatic carbocycles. The van der Waals surface area contributed by atoms with Gasteiger partial charge in [-0.25, -0.2) is 15.0 Å². The molecule has 0 radical (unpaired) electrons. The summed E-state index contributed by atoms with van der Waals surface area (Å²) in [7, 11) is 0. The molecule has 0 N–H and O–H groups in total. The van der Waals surface area contributed by atoms with E-state index in [1.165, 1.54) is 5.39 Å². The number of hydrogen-bond acceptors (Lipinski definition) is 4. The summed E-state index contributed by atoms with van der Waals surface area (Å²) in [6, 6.07) is 65.0. The van der Waals surface area contributed by atoms with Crippen molar-refractivity contribution in [3.05, 3.63) is 188 Å². The van der Waals surface area contributed by atoms with Gasteiger partial charge in [0, 0.05) is 38.6 Å². The molecule has 0 aliphatic carbocycles. The van der Waals surface area contributed by atoms with Crippen LogP contribution in [0.5, 0.6) is 0 Å². The molecule has 0 aliphatic rings. The van der Waals surface area contributed by atoms with Gasteiger partial charge in [0.1, 0.15) is 11.2 Å². The van der Waals surface area contributed by atoms with E-state index >= 15 is 0 Å². The monoisotopic (exact) mass is 677 g/mol. The van der Waals surface area contributed by atoms with Crippen LogP contribution in [0.4, 0.5) is 0 Å². The van der Waals surface area contributed by atoms with Gasteiger partial charge in [-0.05, 0) is 57.3 Å². The Balaban J connectivity index is 1.34. The van der Waals surface area contributed by atoms with E-state index in [4.69, 9.17) is 19.4 Å². The van der Waals surface area contributed by atoms with Crippen molar-refractivity contribution in [3.8, 4) is 67.5 Å². The number of aromatic nitrogens is 3. The fraction of sp³-hybridized carbons (Fsp3) is 0. The lowest BCUT2D eigenvalue weighted by molar-refractivity contribution is 0.671. The van der Waals surface area contributed by atoms with E-state index in [-0.39, 0.29) is 0 Å². The van der Waals surface area contributed by atoms with Crippen molar-refractivity contribution >= 4 is 32.7 Å². The van der Waals surface area contributed by atoms with Gasteiger partial charge in [-0.1, -0.05) is 164 Å². The fourth-order valence-electron chi connectivity index (χ4n) is 7.40. The summed E-state index contributed by atoms with van der Waals surface area (Å²) in [6.07, 6.45) is 0. The third-order valence-corrected chi connectivity index (χ3v) is 9.93. The van der Waals surface area contributed by atoms with Crippen molar-refractivity contribution in [2.24, 2.45) is 0 Å². The highest BCUT2D eigenvalue weighted by Gasteiger charge is 2.24. The molecule has 4 heteroatoms. The molecule has 4 nitrogen and oxygen atoms in total. The fourth-order valence-corrected chi connectivity index (χ4v) is 7.40. The first-order valence-electron chi connectivity index (χ1n) is 17.8. The third-order valence-electron chi connectivity index (χ3n) is 9.93. The van der Waals surface area contributed by atoms with Crippen molar-refractivity contribution in [2.75, 3.05) is 0 Å². The van der Waals surface area contributed by atoms with Crippen molar-refractivity contribution in [3.63, 3.8) is 0 Å². The highest BCUT2D eigenvalue weighted by atomic mass is 16.3. The summed E-state index contributed by atoms with van der Waals surface area (Å²) >= 11 is 0. The summed E-state index contributed by atoms with van der Waals surface area (Å²) in [4.78, 5) is 15.4. The summed E-state index contributed by atoms with van der Waals surface area (Å²) in [6.45, 7) is 0. The second-order valence-electron chi connectivity index (χ2n) is 13.2. The van der Waals surface area contributed by atoms with Crippen LogP contribution in [0.2, 0.25) is 0 Å². The number of fused-ring (bicyclic) bond motifs is 4. The minimum atomic E-state index is 0.584.